The number of benzene rings is 2. The Morgan fingerprint density at radius 1 is 0.949 bits per heavy atom. The third kappa shape index (κ3) is 6.40. The Morgan fingerprint density at radius 3 is 2.38 bits per heavy atom. The van der Waals surface area contributed by atoms with Crippen molar-refractivity contribution in [2.45, 2.75) is 65.3 Å². The predicted molar refractivity (Wildman–Crippen MR) is 156 cm³/mol. The number of nitrogens with two attached hydrogens (primary N) is 2. The highest BCUT2D eigenvalue weighted by Gasteiger charge is 2.22. The number of aliphatic hydroxyl groups excluding tert-OH is 1. The lowest BCUT2D eigenvalue weighted by Crippen LogP contribution is -2.41. The molecule has 4 aromatic rings. The van der Waals surface area contributed by atoms with Gasteiger partial charge in [0.2, 0.25) is 0 Å². The molecule has 0 aliphatic rings. The van der Waals surface area contributed by atoms with E-state index in [1.165, 1.54) is 4.57 Å². The van der Waals surface area contributed by atoms with Gasteiger partial charge < -0.3 is 26.5 Å². The molecular weight excluding hydrogens is 494 g/mol. The third-order valence-electron chi connectivity index (χ3n) is 7.01. The molecule has 4 rings (SSSR count). The fourth-order valence-electron chi connectivity index (χ4n) is 4.75. The number of rotatable bonds is 13. The highest BCUT2D eigenvalue weighted by Crippen LogP contribution is 2.18. The van der Waals surface area contributed by atoms with E-state index >= 15 is 0 Å². The maximum atomic E-state index is 13.7. The van der Waals surface area contributed by atoms with Crippen molar-refractivity contribution < 1.29 is 5.11 Å². The molecule has 0 saturated heterocycles. The van der Waals surface area contributed by atoms with Gasteiger partial charge in [-0.3, -0.25) is 13.9 Å². The molecule has 10 nitrogen and oxygen atoms in total. The number of aromatic nitrogens is 4. The van der Waals surface area contributed by atoms with Crippen LogP contribution in [0.25, 0.3) is 11.2 Å². The van der Waals surface area contributed by atoms with E-state index in [2.05, 4.69) is 5.32 Å². The molecule has 0 aliphatic heterocycles. The van der Waals surface area contributed by atoms with Crippen molar-refractivity contribution in [3.8, 4) is 0 Å². The van der Waals surface area contributed by atoms with Crippen LogP contribution in [0.15, 0.2) is 58.1 Å². The standard InChI is InChI=1S/C29H39N7O3/c1-3-15-36-28(38)26-27(35(29(36)39)16-13-21-7-5-6-8-24(21)31)33-25(18-20-9-11-22(30)12-10-20)34(26)17-14-32-19-23(37)4-2/h5-12,23,32,37H,3-4,13-19,30-31H2,1-2H3. The Kier molecular flexibility index (Phi) is 9.21. The van der Waals surface area contributed by atoms with Crippen molar-refractivity contribution in [2.24, 2.45) is 0 Å². The minimum absolute atomic E-state index is 0.320. The van der Waals surface area contributed by atoms with Gasteiger partial charge in [0, 0.05) is 50.5 Å². The zero-order valence-corrected chi connectivity index (χ0v) is 22.8. The van der Waals surface area contributed by atoms with Gasteiger partial charge in [-0.2, -0.15) is 0 Å². The molecule has 208 valence electrons. The average molecular weight is 534 g/mol. The molecule has 0 fully saturated rings. The summed E-state index contributed by atoms with van der Waals surface area (Å²) in [7, 11) is 0. The first kappa shape index (κ1) is 28.1. The smallest absolute Gasteiger partial charge is 0.332 e. The van der Waals surface area contributed by atoms with E-state index < -0.39 is 6.10 Å². The molecule has 2 aromatic heterocycles. The van der Waals surface area contributed by atoms with Gasteiger partial charge in [-0.1, -0.05) is 44.2 Å². The molecule has 10 heteroatoms. The first-order valence-corrected chi connectivity index (χ1v) is 13.6. The van der Waals surface area contributed by atoms with Crippen LogP contribution < -0.4 is 28.0 Å². The van der Waals surface area contributed by atoms with E-state index in [9.17, 15) is 14.7 Å². The highest BCUT2D eigenvalue weighted by molar-refractivity contribution is 5.71. The number of nitrogens with one attached hydrogen (secondary N) is 1. The second-order valence-corrected chi connectivity index (χ2v) is 9.88. The largest absolute Gasteiger partial charge is 0.399 e. The van der Waals surface area contributed by atoms with E-state index in [1.54, 1.807) is 4.57 Å². The number of nitrogen functional groups attached to an aromatic ring is 2. The summed E-state index contributed by atoms with van der Waals surface area (Å²) < 4.78 is 4.84. The van der Waals surface area contributed by atoms with Crippen LogP contribution >= 0.6 is 0 Å². The summed E-state index contributed by atoms with van der Waals surface area (Å²) >= 11 is 0. The lowest BCUT2D eigenvalue weighted by atomic mass is 10.1. The lowest BCUT2D eigenvalue weighted by molar-refractivity contribution is 0.167. The van der Waals surface area contributed by atoms with Crippen LogP contribution in [0, 0.1) is 0 Å². The molecule has 0 radical (unpaired) electrons. The zero-order valence-electron chi connectivity index (χ0n) is 22.8. The van der Waals surface area contributed by atoms with Crippen molar-refractivity contribution in [1.82, 2.24) is 24.0 Å². The van der Waals surface area contributed by atoms with Crippen LogP contribution in [0.3, 0.4) is 0 Å². The minimum atomic E-state index is -0.434. The summed E-state index contributed by atoms with van der Waals surface area (Å²) in [5, 5.41) is 13.2. The molecule has 0 aliphatic carbocycles. The van der Waals surface area contributed by atoms with Gasteiger partial charge in [0.1, 0.15) is 5.82 Å². The number of nitrogens with zero attached hydrogens (tertiary/aromatic N) is 4. The number of hydrogen-bond acceptors (Lipinski definition) is 7. The third-order valence-corrected chi connectivity index (χ3v) is 7.01. The second-order valence-electron chi connectivity index (χ2n) is 9.88. The fourth-order valence-corrected chi connectivity index (χ4v) is 4.75. The number of hydrogen-bond donors (Lipinski definition) is 4. The Hall–Kier alpha value is -3.89. The van der Waals surface area contributed by atoms with Gasteiger partial charge in [0.05, 0.1) is 6.10 Å². The monoisotopic (exact) mass is 533 g/mol. The zero-order chi connectivity index (χ0) is 27.9. The van der Waals surface area contributed by atoms with Gasteiger partial charge in [0.15, 0.2) is 11.2 Å². The van der Waals surface area contributed by atoms with Crippen LogP contribution in [0.5, 0.6) is 0 Å². The van der Waals surface area contributed by atoms with E-state index in [0.29, 0.717) is 86.8 Å². The van der Waals surface area contributed by atoms with Crippen LogP contribution in [-0.2, 0) is 32.5 Å². The molecule has 1 unspecified atom stereocenters. The van der Waals surface area contributed by atoms with Crippen LogP contribution in [0.2, 0.25) is 0 Å². The Morgan fingerprint density at radius 2 is 1.69 bits per heavy atom. The van der Waals surface area contributed by atoms with E-state index in [4.69, 9.17) is 16.5 Å². The first-order chi connectivity index (χ1) is 18.8. The quantitative estimate of drug-likeness (QED) is 0.152. The van der Waals surface area contributed by atoms with Gasteiger partial charge in [-0.25, -0.2) is 9.78 Å². The number of imidazole rings is 1. The van der Waals surface area contributed by atoms with E-state index in [-0.39, 0.29) is 11.2 Å². The van der Waals surface area contributed by atoms with Gasteiger partial charge >= 0.3 is 5.69 Å². The minimum Gasteiger partial charge on any atom is -0.399 e. The van der Waals surface area contributed by atoms with E-state index in [1.807, 2.05) is 66.9 Å². The fraction of sp³-hybridized carbons (Fsp3) is 0.414. The summed E-state index contributed by atoms with van der Waals surface area (Å²) in [6.07, 6.45) is 1.87. The summed E-state index contributed by atoms with van der Waals surface area (Å²) in [6, 6.07) is 15.1. The Labute approximate surface area is 227 Å². The Balaban J connectivity index is 1.82. The topological polar surface area (TPSA) is 146 Å². The van der Waals surface area contributed by atoms with Crippen molar-refractivity contribution in [2.75, 3.05) is 24.6 Å². The van der Waals surface area contributed by atoms with E-state index in [0.717, 1.165) is 11.1 Å². The molecule has 0 saturated carbocycles. The van der Waals surface area contributed by atoms with Gasteiger partial charge in [0.25, 0.3) is 5.56 Å². The van der Waals surface area contributed by atoms with Crippen LogP contribution in [0.4, 0.5) is 11.4 Å². The molecule has 39 heavy (non-hydrogen) atoms. The summed E-state index contributed by atoms with van der Waals surface area (Å²) in [6.45, 7) is 5.98. The number of para-hydroxylation sites is 1. The van der Waals surface area contributed by atoms with Crippen molar-refractivity contribution in [3.05, 3.63) is 86.3 Å². The van der Waals surface area contributed by atoms with Crippen LogP contribution in [-0.4, -0.2) is 43.0 Å². The Bertz CT molecular complexity index is 1520. The highest BCUT2D eigenvalue weighted by atomic mass is 16.3. The average Bonchev–Trinajstić information content (AvgIpc) is 3.28. The molecule has 0 spiro atoms. The number of aryl methyl sites for hydroxylation is 2. The van der Waals surface area contributed by atoms with Gasteiger partial charge in [-0.15, -0.1) is 0 Å². The maximum Gasteiger partial charge on any atom is 0.332 e. The van der Waals surface area contributed by atoms with Crippen molar-refractivity contribution in [1.29, 1.82) is 0 Å². The molecule has 1 atom stereocenters. The van der Waals surface area contributed by atoms with Crippen LogP contribution in [0.1, 0.15) is 43.6 Å². The number of fused-ring (bicyclic) bond motifs is 1. The number of anilines is 2. The summed E-state index contributed by atoms with van der Waals surface area (Å²) in [5.74, 6) is 0.686. The first-order valence-electron chi connectivity index (χ1n) is 13.6. The normalized spacial score (nSPS) is 12.3. The molecule has 0 amide bonds. The molecule has 0 bridgehead atoms. The predicted octanol–water partition coefficient (Wildman–Crippen LogP) is 2.13. The lowest BCUT2D eigenvalue weighted by Gasteiger charge is -2.14. The summed E-state index contributed by atoms with van der Waals surface area (Å²) in [5.41, 5.74) is 15.4. The summed E-state index contributed by atoms with van der Waals surface area (Å²) in [4.78, 5) is 32.2. The van der Waals surface area contributed by atoms with Crippen molar-refractivity contribution in [3.63, 3.8) is 0 Å². The molecule has 6 N–H and O–H groups in total. The number of aliphatic hydroxyl groups is 1. The molecule has 2 heterocycles. The van der Waals surface area contributed by atoms with Gasteiger partial charge in [-0.05, 0) is 48.6 Å². The SMILES string of the molecule is CCCn1c(=O)c2c(nc(Cc3ccc(N)cc3)n2CCNCC(O)CC)n(CCc2ccccc2N)c1=O. The van der Waals surface area contributed by atoms with Crippen molar-refractivity contribution >= 4 is 22.5 Å². The second kappa shape index (κ2) is 12.8. The maximum absolute atomic E-state index is 13.7. The molecule has 2 aromatic carbocycles. The molecular formula is C29H39N7O3.